The van der Waals surface area contributed by atoms with Crippen molar-refractivity contribution in [2.24, 2.45) is 0 Å². The second-order valence-electron chi connectivity index (χ2n) is 4.83. The fourth-order valence-electron chi connectivity index (χ4n) is 1.91. The molecule has 1 aromatic heterocycles. The molecule has 0 aromatic carbocycles. The van der Waals surface area contributed by atoms with Crippen LogP contribution in [0.2, 0.25) is 0 Å². The highest BCUT2D eigenvalue weighted by Gasteiger charge is 2.13. The smallest absolute Gasteiger partial charge is 0.278 e. The molecule has 1 unspecified atom stereocenters. The van der Waals surface area contributed by atoms with Crippen molar-refractivity contribution >= 4 is 11.5 Å². The van der Waals surface area contributed by atoms with E-state index in [9.17, 15) is 10.1 Å². The maximum absolute atomic E-state index is 10.8. The highest BCUT2D eigenvalue weighted by molar-refractivity contribution is 5.47. The fraction of sp³-hybridized carbons (Fsp3) is 0.643. The number of hydrogen-bond donors (Lipinski definition) is 1. The predicted molar refractivity (Wildman–Crippen MR) is 79.3 cm³/mol. The summed E-state index contributed by atoms with van der Waals surface area (Å²) in [7, 11) is 1.67. The Balaban J connectivity index is 2.61. The van der Waals surface area contributed by atoms with Crippen LogP contribution in [0.25, 0.3) is 0 Å². The second kappa shape index (κ2) is 8.35. The summed E-state index contributed by atoms with van der Waals surface area (Å²) in [6.45, 7) is 4.14. The summed E-state index contributed by atoms with van der Waals surface area (Å²) in [5.41, 5.74) is -0.0162. The number of hydrogen-bond acceptors (Lipinski definition) is 5. The molecule has 0 bridgehead atoms. The molecule has 0 saturated heterocycles. The highest BCUT2D eigenvalue weighted by Crippen LogP contribution is 2.23. The number of anilines is 1. The molecule has 6 nitrogen and oxygen atoms in total. The zero-order valence-electron chi connectivity index (χ0n) is 12.4. The zero-order valence-corrected chi connectivity index (χ0v) is 12.4. The van der Waals surface area contributed by atoms with Gasteiger partial charge in [-0.2, -0.15) is 4.98 Å². The van der Waals surface area contributed by atoms with Crippen LogP contribution in [0.4, 0.5) is 11.5 Å². The van der Waals surface area contributed by atoms with Crippen LogP contribution in [0.5, 0.6) is 5.88 Å². The lowest BCUT2D eigenvalue weighted by Gasteiger charge is -2.14. The number of ether oxygens (including phenoxy) is 1. The van der Waals surface area contributed by atoms with Crippen LogP contribution in [0.15, 0.2) is 12.1 Å². The van der Waals surface area contributed by atoms with Gasteiger partial charge >= 0.3 is 0 Å². The highest BCUT2D eigenvalue weighted by atomic mass is 16.6. The van der Waals surface area contributed by atoms with E-state index in [2.05, 4.69) is 17.2 Å². The zero-order chi connectivity index (χ0) is 15.0. The maximum atomic E-state index is 10.8. The van der Waals surface area contributed by atoms with Crippen molar-refractivity contribution < 1.29 is 9.66 Å². The van der Waals surface area contributed by atoms with Gasteiger partial charge in [0, 0.05) is 7.05 Å². The van der Waals surface area contributed by atoms with Gasteiger partial charge in [0.15, 0.2) is 0 Å². The van der Waals surface area contributed by atoms with Crippen molar-refractivity contribution in [2.45, 2.75) is 52.1 Å². The van der Waals surface area contributed by atoms with Gasteiger partial charge in [0.05, 0.1) is 23.2 Å². The van der Waals surface area contributed by atoms with Gasteiger partial charge in [0.2, 0.25) is 5.88 Å². The summed E-state index contributed by atoms with van der Waals surface area (Å²) in [4.78, 5) is 14.6. The molecule has 1 rings (SSSR count). The monoisotopic (exact) mass is 281 g/mol. The van der Waals surface area contributed by atoms with Crippen LogP contribution in [0.3, 0.4) is 0 Å². The van der Waals surface area contributed by atoms with E-state index in [1.54, 1.807) is 7.05 Å². The van der Waals surface area contributed by atoms with Gasteiger partial charge < -0.3 is 10.1 Å². The Morgan fingerprint density at radius 2 is 2.15 bits per heavy atom. The Morgan fingerprint density at radius 1 is 1.40 bits per heavy atom. The molecule has 0 aliphatic heterocycles. The van der Waals surface area contributed by atoms with Gasteiger partial charge in [0.1, 0.15) is 5.82 Å². The topological polar surface area (TPSA) is 77.3 Å². The number of nitro groups is 1. The molecule has 1 N–H and O–H groups in total. The summed E-state index contributed by atoms with van der Waals surface area (Å²) >= 11 is 0. The molecule has 0 radical (unpaired) electrons. The van der Waals surface area contributed by atoms with Crippen LogP contribution < -0.4 is 10.1 Å². The Labute approximate surface area is 119 Å². The SMILES string of the molecule is CCCCCCC(C)Oc1cc([N+](=O)[O-])cc(NC)n1. The molecule has 0 saturated carbocycles. The van der Waals surface area contributed by atoms with Gasteiger partial charge in [-0.1, -0.05) is 26.2 Å². The third-order valence-corrected chi connectivity index (χ3v) is 3.04. The maximum Gasteiger partial charge on any atom is 0.278 e. The molecule has 1 heterocycles. The van der Waals surface area contributed by atoms with E-state index >= 15 is 0 Å². The number of rotatable bonds is 9. The first-order valence-electron chi connectivity index (χ1n) is 7.07. The van der Waals surface area contributed by atoms with Crippen LogP contribution in [0, 0.1) is 10.1 Å². The largest absolute Gasteiger partial charge is 0.474 e. The average Bonchev–Trinajstić information content (AvgIpc) is 2.43. The quantitative estimate of drug-likeness (QED) is 0.423. The molecule has 0 aliphatic carbocycles. The Hall–Kier alpha value is -1.85. The Kier molecular flexibility index (Phi) is 6.76. The van der Waals surface area contributed by atoms with E-state index in [0.717, 1.165) is 12.8 Å². The number of nitrogens with one attached hydrogen (secondary N) is 1. The van der Waals surface area contributed by atoms with Gasteiger partial charge in [0.25, 0.3) is 5.69 Å². The van der Waals surface area contributed by atoms with Gasteiger partial charge in [-0.25, -0.2) is 0 Å². The van der Waals surface area contributed by atoms with E-state index in [4.69, 9.17) is 4.74 Å². The molecule has 0 fully saturated rings. The van der Waals surface area contributed by atoms with Crippen molar-refractivity contribution in [3.8, 4) is 5.88 Å². The summed E-state index contributed by atoms with van der Waals surface area (Å²) in [5.74, 6) is 0.735. The second-order valence-corrected chi connectivity index (χ2v) is 4.83. The number of unbranched alkanes of at least 4 members (excludes halogenated alkanes) is 3. The summed E-state index contributed by atoms with van der Waals surface area (Å²) in [5, 5.41) is 13.6. The van der Waals surface area contributed by atoms with Gasteiger partial charge in [-0.05, 0) is 19.8 Å². The molecule has 1 aromatic rings. The van der Waals surface area contributed by atoms with Crippen molar-refractivity contribution in [1.29, 1.82) is 0 Å². The number of aromatic nitrogens is 1. The normalized spacial score (nSPS) is 11.9. The molecular formula is C14H23N3O3. The van der Waals surface area contributed by atoms with E-state index in [0.29, 0.717) is 11.7 Å². The third kappa shape index (κ3) is 5.42. The Bertz CT molecular complexity index is 438. The molecule has 0 spiro atoms. The molecule has 1 atom stereocenters. The lowest BCUT2D eigenvalue weighted by molar-refractivity contribution is -0.384. The summed E-state index contributed by atoms with van der Waals surface area (Å²) in [6, 6.07) is 2.75. The van der Waals surface area contributed by atoms with Crippen molar-refractivity contribution in [3.05, 3.63) is 22.2 Å². The minimum Gasteiger partial charge on any atom is -0.474 e. The van der Waals surface area contributed by atoms with Crippen LogP contribution in [-0.2, 0) is 0 Å². The fourth-order valence-corrected chi connectivity index (χ4v) is 1.91. The van der Waals surface area contributed by atoms with Crippen molar-refractivity contribution in [1.82, 2.24) is 4.98 Å². The van der Waals surface area contributed by atoms with Gasteiger partial charge in [-0.15, -0.1) is 0 Å². The van der Waals surface area contributed by atoms with E-state index in [1.165, 1.54) is 31.4 Å². The minimum absolute atomic E-state index is 0.00562. The van der Waals surface area contributed by atoms with E-state index in [1.807, 2.05) is 6.92 Å². The Morgan fingerprint density at radius 3 is 2.75 bits per heavy atom. The molecule has 0 amide bonds. The third-order valence-electron chi connectivity index (χ3n) is 3.04. The summed E-state index contributed by atoms with van der Waals surface area (Å²) < 4.78 is 5.67. The first-order valence-corrected chi connectivity index (χ1v) is 7.07. The summed E-state index contributed by atoms with van der Waals surface area (Å²) in [6.07, 6.45) is 5.65. The van der Waals surface area contributed by atoms with E-state index in [-0.39, 0.29) is 11.8 Å². The molecule has 20 heavy (non-hydrogen) atoms. The van der Waals surface area contributed by atoms with Crippen LogP contribution in [0.1, 0.15) is 46.0 Å². The first-order chi connectivity index (χ1) is 9.56. The van der Waals surface area contributed by atoms with E-state index < -0.39 is 4.92 Å². The molecule has 112 valence electrons. The molecular weight excluding hydrogens is 258 g/mol. The lowest BCUT2D eigenvalue weighted by Crippen LogP contribution is -2.13. The van der Waals surface area contributed by atoms with Crippen molar-refractivity contribution in [3.63, 3.8) is 0 Å². The molecule has 6 heteroatoms. The number of nitrogens with zero attached hydrogens (tertiary/aromatic N) is 2. The average molecular weight is 281 g/mol. The molecule has 0 aliphatic rings. The minimum atomic E-state index is -0.443. The van der Waals surface area contributed by atoms with Crippen molar-refractivity contribution in [2.75, 3.05) is 12.4 Å². The van der Waals surface area contributed by atoms with Gasteiger partial charge in [-0.3, -0.25) is 10.1 Å². The number of pyridine rings is 1. The van der Waals surface area contributed by atoms with Crippen LogP contribution >= 0.6 is 0 Å². The lowest BCUT2D eigenvalue weighted by atomic mass is 10.1. The standard InChI is InChI=1S/C14H23N3O3/c1-4-5-6-7-8-11(2)20-14-10-12(17(18)19)9-13(15-3)16-14/h9-11H,4-8H2,1-3H3,(H,15,16). The predicted octanol–water partition coefficient (Wildman–Crippen LogP) is 3.77. The van der Waals surface area contributed by atoms with Crippen LogP contribution in [-0.4, -0.2) is 23.1 Å². The first kappa shape index (κ1) is 16.2.